The fraction of sp³-hybridized carbons (Fsp3) is 0.750. The average molecular weight is 502 g/mol. The van der Waals surface area contributed by atoms with E-state index in [0.29, 0.717) is 29.8 Å². The van der Waals surface area contributed by atoms with Crippen LogP contribution in [-0.2, 0) is 14.3 Å². The molecular weight excluding hydrogens is 462 g/mol. The Morgan fingerprint density at radius 1 is 1.14 bits per heavy atom. The molecule has 0 saturated heterocycles. The Morgan fingerprint density at radius 3 is 2.74 bits per heavy atom. The predicted octanol–water partition coefficient (Wildman–Crippen LogP) is 6.36. The van der Waals surface area contributed by atoms with Crippen molar-refractivity contribution in [3.63, 3.8) is 0 Å². The molecule has 1 N–H and O–H groups in total. The lowest BCUT2D eigenvalue weighted by atomic mass is 9.47. The lowest BCUT2D eigenvalue weighted by Gasteiger charge is -2.58. The van der Waals surface area contributed by atoms with E-state index in [4.69, 9.17) is 19.6 Å². The third-order valence-corrected chi connectivity index (χ3v) is 10.9. The Hall–Kier alpha value is -1.89. The molecule has 1 aromatic heterocycles. The molecule has 5 rings (SSSR count). The van der Waals surface area contributed by atoms with Gasteiger partial charge in [-0.05, 0) is 80.5 Å². The molecule has 4 aliphatic carbocycles. The minimum atomic E-state index is -0.956. The van der Waals surface area contributed by atoms with Crippen LogP contribution >= 0.6 is 11.3 Å². The van der Waals surface area contributed by atoms with Gasteiger partial charge in [0.25, 0.3) is 0 Å². The topological polar surface area (TPSA) is 85.7 Å². The van der Waals surface area contributed by atoms with Crippen LogP contribution in [0.25, 0.3) is 0 Å². The number of hydrogen-bond donors (Lipinski definition) is 1. The number of aromatic nitrogens is 1. The highest BCUT2D eigenvalue weighted by Crippen LogP contribution is 2.68. The van der Waals surface area contributed by atoms with Crippen molar-refractivity contribution in [2.75, 3.05) is 6.61 Å². The first-order valence-corrected chi connectivity index (χ1v) is 14.3. The normalized spacial score (nSPS) is 38.0. The summed E-state index contributed by atoms with van der Waals surface area (Å²) in [7, 11) is 0. The summed E-state index contributed by atoms with van der Waals surface area (Å²) in [6, 6.07) is 0. The van der Waals surface area contributed by atoms with Crippen molar-refractivity contribution in [1.82, 2.24) is 4.98 Å². The van der Waals surface area contributed by atoms with Crippen molar-refractivity contribution in [3.8, 4) is 5.88 Å². The Morgan fingerprint density at radius 2 is 1.97 bits per heavy atom. The first-order valence-electron chi connectivity index (χ1n) is 13.4. The second-order valence-electron chi connectivity index (χ2n) is 11.6. The first kappa shape index (κ1) is 24.8. The summed E-state index contributed by atoms with van der Waals surface area (Å²) in [4.78, 5) is 27.7. The van der Waals surface area contributed by atoms with Crippen LogP contribution in [0.1, 0.15) is 95.9 Å². The van der Waals surface area contributed by atoms with Crippen LogP contribution in [0.2, 0.25) is 0 Å². The zero-order valence-electron chi connectivity index (χ0n) is 21.3. The van der Waals surface area contributed by atoms with Crippen LogP contribution in [-0.4, -0.2) is 34.7 Å². The summed E-state index contributed by atoms with van der Waals surface area (Å²) >= 11 is 1.78. The van der Waals surface area contributed by atoms with Crippen LogP contribution in [0, 0.1) is 28.6 Å². The number of carbonyl (C=O) groups excluding carboxylic acids is 1. The van der Waals surface area contributed by atoms with Gasteiger partial charge < -0.3 is 14.6 Å². The number of esters is 1. The molecule has 0 radical (unpaired) electrons. The average Bonchev–Trinajstić information content (AvgIpc) is 3.41. The molecule has 7 heteroatoms. The fourth-order valence-corrected chi connectivity index (χ4v) is 9.27. The molecule has 1 aromatic rings. The van der Waals surface area contributed by atoms with E-state index in [1.54, 1.807) is 11.3 Å². The van der Waals surface area contributed by atoms with Crippen molar-refractivity contribution in [1.29, 1.82) is 0 Å². The summed E-state index contributed by atoms with van der Waals surface area (Å²) in [6.45, 7) is 7.66. The molecule has 35 heavy (non-hydrogen) atoms. The zero-order valence-corrected chi connectivity index (χ0v) is 22.1. The van der Waals surface area contributed by atoms with Crippen LogP contribution in [0.15, 0.2) is 17.0 Å². The Kier molecular flexibility index (Phi) is 6.75. The van der Waals surface area contributed by atoms with E-state index >= 15 is 0 Å². The Balaban J connectivity index is 1.29. The molecule has 4 aliphatic rings. The third-order valence-electron chi connectivity index (χ3n) is 9.99. The number of ether oxygens (including phenoxy) is 2. The number of rotatable bonds is 7. The molecular formula is C28H39NO5S. The summed E-state index contributed by atoms with van der Waals surface area (Å²) in [5, 5.41) is 12.2. The number of aliphatic carboxylic acids is 1. The second-order valence-corrected chi connectivity index (χ2v) is 12.5. The number of carbonyl (C=O) groups is 2. The van der Waals surface area contributed by atoms with Crippen LogP contribution in [0.3, 0.4) is 0 Å². The fourth-order valence-electron chi connectivity index (χ4n) is 8.23. The molecule has 6 nitrogen and oxygen atoms in total. The summed E-state index contributed by atoms with van der Waals surface area (Å²) in [5.74, 6) is 2.12. The van der Waals surface area contributed by atoms with Gasteiger partial charge in [-0.25, -0.2) is 4.98 Å². The van der Waals surface area contributed by atoms with Crippen molar-refractivity contribution in [2.24, 2.45) is 28.6 Å². The van der Waals surface area contributed by atoms with Gasteiger partial charge in [0.05, 0.1) is 24.8 Å². The molecule has 3 fully saturated rings. The number of hydrogen-bond acceptors (Lipinski definition) is 6. The summed E-state index contributed by atoms with van der Waals surface area (Å²) in [5.41, 5.74) is 1.97. The molecule has 0 aliphatic heterocycles. The van der Waals surface area contributed by atoms with Crippen molar-refractivity contribution in [2.45, 2.75) is 97.0 Å². The molecule has 0 spiro atoms. The Bertz CT molecular complexity index is 1000. The summed E-state index contributed by atoms with van der Waals surface area (Å²) in [6.07, 6.45) is 11.1. The quantitative estimate of drug-likeness (QED) is 0.345. The number of nitrogens with zero attached hydrogens (tertiary/aromatic N) is 1. The molecule has 7 unspecified atom stereocenters. The van der Waals surface area contributed by atoms with Gasteiger partial charge in [-0.3, -0.25) is 9.59 Å². The number of carboxylic acid groups (broad SMARTS) is 1. The van der Waals surface area contributed by atoms with E-state index < -0.39 is 5.97 Å². The van der Waals surface area contributed by atoms with Crippen LogP contribution in [0.5, 0.6) is 5.88 Å². The molecule has 1 heterocycles. The van der Waals surface area contributed by atoms with E-state index in [2.05, 4.69) is 25.3 Å². The molecule has 0 amide bonds. The van der Waals surface area contributed by atoms with Gasteiger partial charge in [-0.1, -0.05) is 25.5 Å². The first-order chi connectivity index (χ1) is 16.7. The van der Waals surface area contributed by atoms with E-state index in [0.717, 1.165) is 37.5 Å². The maximum Gasteiger partial charge on any atom is 0.306 e. The third kappa shape index (κ3) is 4.42. The van der Waals surface area contributed by atoms with Gasteiger partial charge in [-0.15, -0.1) is 11.3 Å². The monoisotopic (exact) mass is 501 g/mol. The van der Waals surface area contributed by atoms with Gasteiger partial charge in [0.2, 0.25) is 5.88 Å². The molecule has 0 bridgehead atoms. The van der Waals surface area contributed by atoms with Crippen LogP contribution in [0.4, 0.5) is 0 Å². The van der Waals surface area contributed by atoms with Gasteiger partial charge in [-0.2, -0.15) is 0 Å². The number of carboxylic acids is 1. The maximum absolute atomic E-state index is 12.1. The summed E-state index contributed by atoms with van der Waals surface area (Å²) < 4.78 is 11.3. The van der Waals surface area contributed by atoms with Crippen LogP contribution < -0.4 is 4.74 Å². The van der Waals surface area contributed by atoms with Gasteiger partial charge in [0, 0.05) is 12.3 Å². The van der Waals surface area contributed by atoms with Crippen molar-refractivity contribution < 1.29 is 24.2 Å². The van der Waals surface area contributed by atoms with E-state index in [1.807, 2.05) is 6.92 Å². The largest absolute Gasteiger partial charge is 0.481 e. The molecule has 0 aromatic carbocycles. The number of thiazole rings is 1. The predicted molar refractivity (Wildman–Crippen MR) is 134 cm³/mol. The van der Waals surface area contributed by atoms with Crippen molar-refractivity contribution in [3.05, 3.63) is 22.0 Å². The smallest absolute Gasteiger partial charge is 0.306 e. The maximum atomic E-state index is 12.1. The van der Waals surface area contributed by atoms with Crippen molar-refractivity contribution >= 4 is 23.3 Å². The minimum absolute atomic E-state index is 0.0422. The van der Waals surface area contributed by atoms with Gasteiger partial charge in [0.15, 0.2) is 0 Å². The molecule has 3 saturated carbocycles. The minimum Gasteiger partial charge on any atom is -0.481 e. The lowest BCUT2D eigenvalue weighted by Crippen LogP contribution is -2.50. The lowest BCUT2D eigenvalue weighted by molar-refractivity contribution is -0.154. The zero-order chi connectivity index (χ0) is 24.8. The van der Waals surface area contributed by atoms with E-state index in [-0.39, 0.29) is 30.3 Å². The SMILES string of the molecule is CCOc1csc(C2CCC3C4CC=C5CC(OC(=O)CCC(=O)O)CCC5(C)C4CCC23C)n1. The Labute approximate surface area is 212 Å². The highest BCUT2D eigenvalue weighted by atomic mass is 32.1. The molecule has 192 valence electrons. The van der Waals surface area contributed by atoms with Gasteiger partial charge >= 0.3 is 11.9 Å². The second kappa shape index (κ2) is 9.53. The van der Waals surface area contributed by atoms with E-state index in [1.165, 1.54) is 36.3 Å². The standard InChI is InChI=1S/C28H39NO5S/c1-4-33-23-16-35-26(29-23)22-8-7-20-19-6-5-17-15-18(34-25(32)10-9-24(30)31)11-13-27(17,2)21(19)12-14-28(20,22)3/h5,16,18-22H,4,6-15H2,1-3H3,(H,30,31). The number of allylic oxidation sites excluding steroid dienone is 1. The number of fused-ring (bicyclic) bond motifs is 5. The highest BCUT2D eigenvalue weighted by molar-refractivity contribution is 7.09. The van der Waals surface area contributed by atoms with E-state index in [9.17, 15) is 9.59 Å². The molecule has 7 atom stereocenters. The van der Waals surface area contributed by atoms with Gasteiger partial charge in [0.1, 0.15) is 11.1 Å². The highest BCUT2D eigenvalue weighted by Gasteiger charge is 2.59.